The van der Waals surface area contributed by atoms with Crippen molar-refractivity contribution >= 4 is 17.5 Å². The number of hydrogen-bond donors (Lipinski definition) is 2. The molecule has 0 atom stereocenters. The van der Waals surface area contributed by atoms with Gasteiger partial charge in [-0.2, -0.15) is 0 Å². The summed E-state index contributed by atoms with van der Waals surface area (Å²) in [5.74, 6) is -1.04. The summed E-state index contributed by atoms with van der Waals surface area (Å²) in [6.07, 6.45) is 2.64. The molecule has 5 heteroatoms. The molecule has 2 N–H and O–H groups in total. The predicted octanol–water partition coefficient (Wildman–Crippen LogP) is 2.59. The van der Waals surface area contributed by atoms with Crippen LogP contribution in [0.4, 0.5) is 4.39 Å². The molecule has 3 rings (SSSR count). The second-order valence-electron chi connectivity index (χ2n) is 6.26. The minimum Gasteiger partial charge on any atom is -0.348 e. The maximum absolute atomic E-state index is 13.7. The van der Waals surface area contributed by atoms with Crippen molar-refractivity contribution < 1.29 is 14.1 Å². The third-order valence-electron chi connectivity index (χ3n) is 4.42. The molecule has 1 saturated heterocycles. The third kappa shape index (κ3) is 4.34. The Kier molecular flexibility index (Phi) is 5.48. The highest BCUT2D eigenvalue weighted by Gasteiger charge is 2.15. The van der Waals surface area contributed by atoms with E-state index in [1.54, 1.807) is 4.90 Å². The highest BCUT2D eigenvalue weighted by Crippen LogP contribution is 2.14. The number of likely N-dealkylation sites (tertiary alicyclic amines) is 1. The third-order valence-corrected chi connectivity index (χ3v) is 4.65. The van der Waals surface area contributed by atoms with Gasteiger partial charge in [-0.25, -0.2) is 4.39 Å². The van der Waals surface area contributed by atoms with Gasteiger partial charge in [0.15, 0.2) is 0 Å². The zero-order valence-electron chi connectivity index (χ0n) is 13.4. The molecule has 2 aromatic rings. The summed E-state index contributed by atoms with van der Waals surface area (Å²) in [5, 5.41) is 3.02. The zero-order valence-corrected chi connectivity index (χ0v) is 14.2. The van der Waals surface area contributed by atoms with Crippen molar-refractivity contribution in [2.75, 3.05) is 13.1 Å². The molecule has 1 fully saturated rings. The number of nitrogens with one attached hydrogen (secondary N) is 2. The van der Waals surface area contributed by atoms with Crippen LogP contribution in [0.25, 0.3) is 0 Å². The van der Waals surface area contributed by atoms with E-state index in [1.165, 1.54) is 43.6 Å². The highest BCUT2D eigenvalue weighted by atomic mass is 35.5. The van der Waals surface area contributed by atoms with Gasteiger partial charge in [0.25, 0.3) is 5.91 Å². The minimum absolute atomic E-state index is 0.00801. The first-order valence-electron chi connectivity index (χ1n) is 8.26. The van der Waals surface area contributed by atoms with Crippen LogP contribution >= 0.6 is 11.6 Å². The predicted molar refractivity (Wildman–Crippen MR) is 92.7 cm³/mol. The van der Waals surface area contributed by atoms with E-state index >= 15 is 0 Å². The van der Waals surface area contributed by atoms with Crippen LogP contribution in [0.3, 0.4) is 0 Å². The molecule has 0 spiro atoms. The summed E-state index contributed by atoms with van der Waals surface area (Å²) >= 11 is 5.70. The molecule has 0 unspecified atom stereocenters. The molecule has 3 nitrogen and oxygen atoms in total. The lowest BCUT2D eigenvalue weighted by atomic mass is 10.1. The fraction of sp³-hybridized carbons (Fsp3) is 0.316. The van der Waals surface area contributed by atoms with Gasteiger partial charge in [-0.15, -0.1) is 0 Å². The van der Waals surface area contributed by atoms with Crippen LogP contribution in [0.15, 0.2) is 42.5 Å². The Labute approximate surface area is 146 Å². The van der Waals surface area contributed by atoms with Crippen molar-refractivity contribution in [1.29, 1.82) is 0 Å². The molecule has 0 radical (unpaired) electrons. The van der Waals surface area contributed by atoms with Crippen LogP contribution in [0.5, 0.6) is 0 Å². The van der Waals surface area contributed by atoms with E-state index in [-0.39, 0.29) is 10.6 Å². The zero-order chi connectivity index (χ0) is 16.9. The van der Waals surface area contributed by atoms with E-state index in [1.807, 2.05) is 12.1 Å². The van der Waals surface area contributed by atoms with Gasteiger partial charge in [-0.1, -0.05) is 35.9 Å². The molecule has 126 valence electrons. The topological polar surface area (TPSA) is 33.5 Å². The Balaban J connectivity index is 1.55. The summed E-state index contributed by atoms with van der Waals surface area (Å²) in [7, 11) is 0. The number of hydrogen-bond acceptors (Lipinski definition) is 1. The molecular formula is C19H21ClFN2O+. The average Bonchev–Trinajstić information content (AvgIpc) is 3.07. The minimum atomic E-state index is -0.607. The molecule has 1 heterocycles. The number of carbonyl (C=O) groups is 1. The number of rotatable bonds is 5. The van der Waals surface area contributed by atoms with Crippen LogP contribution in [-0.2, 0) is 13.1 Å². The van der Waals surface area contributed by atoms with E-state index < -0.39 is 11.7 Å². The van der Waals surface area contributed by atoms with Gasteiger partial charge in [-0.05, 0) is 23.8 Å². The van der Waals surface area contributed by atoms with Gasteiger partial charge in [0.1, 0.15) is 12.4 Å². The molecular weight excluding hydrogens is 327 g/mol. The monoisotopic (exact) mass is 347 g/mol. The largest absolute Gasteiger partial charge is 0.348 e. The molecule has 1 aliphatic heterocycles. The molecule has 1 aliphatic rings. The standard InChI is InChI=1S/C19H20ClFN2O/c20-16-7-8-17(18(21)11-16)19(24)22-12-14-3-5-15(6-4-14)13-23-9-1-2-10-23/h3-8,11H,1-2,9-10,12-13H2,(H,22,24)/p+1. The van der Waals surface area contributed by atoms with Crippen molar-refractivity contribution in [3.8, 4) is 0 Å². The summed E-state index contributed by atoms with van der Waals surface area (Å²) in [4.78, 5) is 13.7. The van der Waals surface area contributed by atoms with Gasteiger partial charge in [0.2, 0.25) is 0 Å². The molecule has 0 aliphatic carbocycles. The van der Waals surface area contributed by atoms with E-state index in [2.05, 4.69) is 17.4 Å². The fourth-order valence-electron chi connectivity index (χ4n) is 3.07. The van der Waals surface area contributed by atoms with Gasteiger partial charge >= 0.3 is 0 Å². The van der Waals surface area contributed by atoms with Crippen LogP contribution in [0.1, 0.15) is 34.3 Å². The Hall–Kier alpha value is -1.91. The number of carbonyl (C=O) groups excluding carboxylic acids is 1. The second-order valence-corrected chi connectivity index (χ2v) is 6.69. The molecule has 1 amide bonds. The Morgan fingerprint density at radius 1 is 1.08 bits per heavy atom. The molecule has 0 aromatic heterocycles. The van der Waals surface area contributed by atoms with Gasteiger partial charge in [0.05, 0.1) is 18.7 Å². The number of quaternary nitrogens is 1. The van der Waals surface area contributed by atoms with Crippen LogP contribution in [0.2, 0.25) is 5.02 Å². The Morgan fingerprint density at radius 3 is 2.42 bits per heavy atom. The van der Waals surface area contributed by atoms with Crippen molar-refractivity contribution in [1.82, 2.24) is 5.32 Å². The van der Waals surface area contributed by atoms with Gasteiger partial charge in [0, 0.05) is 30.0 Å². The average molecular weight is 348 g/mol. The molecule has 24 heavy (non-hydrogen) atoms. The van der Waals surface area contributed by atoms with E-state index in [0.717, 1.165) is 18.2 Å². The summed E-state index contributed by atoms with van der Waals surface area (Å²) < 4.78 is 13.7. The van der Waals surface area contributed by atoms with Crippen LogP contribution in [-0.4, -0.2) is 19.0 Å². The van der Waals surface area contributed by atoms with Crippen LogP contribution in [0, 0.1) is 5.82 Å². The SMILES string of the molecule is O=C(NCc1ccc(C[NH+]2CCCC2)cc1)c1ccc(Cl)cc1F. The Morgan fingerprint density at radius 2 is 1.75 bits per heavy atom. The lowest BCUT2D eigenvalue weighted by Gasteiger charge is -2.12. The van der Waals surface area contributed by atoms with Gasteiger partial charge < -0.3 is 10.2 Å². The smallest absolute Gasteiger partial charge is 0.254 e. The number of halogens is 2. The molecule has 2 aromatic carbocycles. The molecule has 0 bridgehead atoms. The normalized spacial score (nSPS) is 14.8. The maximum Gasteiger partial charge on any atom is 0.254 e. The lowest BCUT2D eigenvalue weighted by molar-refractivity contribution is -0.901. The van der Waals surface area contributed by atoms with Crippen LogP contribution < -0.4 is 10.2 Å². The second kappa shape index (κ2) is 7.77. The van der Waals surface area contributed by atoms with E-state index in [4.69, 9.17) is 11.6 Å². The fourth-order valence-corrected chi connectivity index (χ4v) is 3.23. The first kappa shape index (κ1) is 16.9. The number of amides is 1. The first-order chi connectivity index (χ1) is 11.6. The summed E-state index contributed by atoms with van der Waals surface area (Å²) in [6, 6.07) is 12.3. The number of benzene rings is 2. The summed E-state index contributed by atoms with van der Waals surface area (Å²) in [5.41, 5.74) is 2.32. The Bertz CT molecular complexity index is 712. The first-order valence-corrected chi connectivity index (χ1v) is 8.64. The van der Waals surface area contributed by atoms with E-state index in [0.29, 0.717) is 6.54 Å². The van der Waals surface area contributed by atoms with Crippen molar-refractivity contribution in [2.24, 2.45) is 0 Å². The molecule has 0 saturated carbocycles. The van der Waals surface area contributed by atoms with Crippen molar-refractivity contribution in [2.45, 2.75) is 25.9 Å². The lowest BCUT2D eigenvalue weighted by Crippen LogP contribution is -3.08. The van der Waals surface area contributed by atoms with Crippen molar-refractivity contribution in [3.05, 3.63) is 70.0 Å². The quantitative estimate of drug-likeness (QED) is 0.856. The highest BCUT2D eigenvalue weighted by molar-refractivity contribution is 6.30. The summed E-state index contributed by atoms with van der Waals surface area (Å²) in [6.45, 7) is 3.94. The maximum atomic E-state index is 13.7. The van der Waals surface area contributed by atoms with E-state index in [9.17, 15) is 9.18 Å². The van der Waals surface area contributed by atoms with Gasteiger partial charge in [-0.3, -0.25) is 4.79 Å². The van der Waals surface area contributed by atoms with Crippen molar-refractivity contribution in [3.63, 3.8) is 0 Å².